The maximum absolute atomic E-state index is 12.9. The molecule has 0 unspecified atom stereocenters. The van der Waals surface area contributed by atoms with Crippen molar-refractivity contribution in [3.63, 3.8) is 0 Å². The van der Waals surface area contributed by atoms with E-state index in [2.05, 4.69) is 15.4 Å². The topological polar surface area (TPSA) is 76.9 Å². The highest BCUT2D eigenvalue weighted by Crippen LogP contribution is 2.21. The van der Waals surface area contributed by atoms with Crippen LogP contribution in [0.2, 0.25) is 0 Å². The van der Waals surface area contributed by atoms with Gasteiger partial charge in [-0.3, -0.25) is 14.9 Å². The number of nitrogens with one attached hydrogen (secondary N) is 1. The van der Waals surface area contributed by atoms with Gasteiger partial charge in [-0.05, 0) is 23.8 Å². The predicted octanol–water partition coefficient (Wildman–Crippen LogP) is 2.22. The molecule has 0 aliphatic carbocycles. The Hall–Kier alpha value is -2.87. The van der Waals surface area contributed by atoms with Crippen LogP contribution in [0, 0.1) is 5.82 Å². The second-order valence-corrected chi connectivity index (χ2v) is 6.18. The molecular weight excluding hydrogens is 331 g/mol. The molecule has 0 saturated heterocycles. The number of aromatic nitrogens is 3. The van der Waals surface area contributed by atoms with E-state index in [1.54, 1.807) is 18.3 Å². The Morgan fingerprint density at radius 2 is 2.00 bits per heavy atom. The van der Waals surface area contributed by atoms with Crippen LogP contribution in [0.15, 0.2) is 47.4 Å². The van der Waals surface area contributed by atoms with Gasteiger partial charge >= 0.3 is 0 Å². The minimum Gasteiger partial charge on any atom is -0.296 e. The maximum atomic E-state index is 12.9. The predicted molar refractivity (Wildman–Crippen MR) is 88.8 cm³/mol. The molecule has 3 rings (SSSR count). The minimum absolute atomic E-state index is 0.132. The Kier molecular flexibility index (Phi) is 4.48. The normalized spacial score (nSPS) is 10.6. The molecule has 1 aromatic carbocycles. The largest absolute Gasteiger partial charge is 0.296 e. The molecule has 0 bridgehead atoms. The number of hydrogen-bond donors (Lipinski definition) is 1. The lowest BCUT2D eigenvalue weighted by molar-refractivity contribution is 0.102. The van der Waals surface area contributed by atoms with Crippen LogP contribution < -0.4 is 10.9 Å². The van der Waals surface area contributed by atoms with Crippen molar-refractivity contribution in [2.45, 2.75) is 6.42 Å². The highest BCUT2D eigenvalue weighted by Gasteiger charge is 2.11. The van der Waals surface area contributed by atoms with Crippen molar-refractivity contribution in [2.75, 3.05) is 5.32 Å². The highest BCUT2D eigenvalue weighted by molar-refractivity contribution is 7.15. The van der Waals surface area contributed by atoms with Crippen LogP contribution in [0.4, 0.5) is 9.52 Å². The first kappa shape index (κ1) is 16.0. The Balaban J connectivity index is 1.69. The van der Waals surface area contributed by atoms with E-state index in [4.69, 9.17) is 0 Å². The number of amides is 1. The molecule has 2 heterocycles. The molecule has 3 aromatic rings. The van der Waals surface area contributed by atoms with E-state index in [1.165, 1.54) is 42.6 Å². The number of carbonyl (C=O) groups excluding carboxylic acids is 1. The third-order valence-corrected chi connectivity index (χ3v) is 4.17. The molecule has 0 fully saturated rings. The van der Waals surface area contributed by atoms with Gasteiger partial charge in [0.05, 0.1) is 0 Å². The summed E-state index contributed by atoms with van der Waals surface area (Å²) < 4.78 is 14.0. The number of rotatable bonds is 4. The molecule has 2 aromatic heterocycles. The Bertz CT molecular complexity index is 934. The van der Waals surface area contributed by atoms with Crippen molar-refractivity contribution in [1.82, 2.24) is 14.8 Å². The van der Waals surface area contributed by atoms with Gasteiger partial charge in [0.2, 0.25) is 0 Å². The fourth-order valence-electron chi connectivity index (χ4n) is 2.04. The standard InChI is InChI=1S/C16H13FN4O2S/c1-21-14(22)7-6-13(20-21)15(23)19-16-18-9-12(24-16)8-10-2-4-11(17)5-3-10/h2-7,9H,8H2,1H3,(H,18,19,23). The molecular formula is C16H13FN4O2S. The molecule has 0 aliphatic rings. The summed E-state index contributed by atoms with van der Waals surface area (Å²) in [6, 6.07) is 8.88. The first-order valence-corrected chi connectivity index (χ1v) is 7.88. The summed E-state index contributed by atoms with van der Waals surface area (Å²) in [6.45, 7) is 0. The van der Waals surface area contributed by atoms with Crippen LogP contribution in [0.5, 0.6) is 0 Å². The lowest BCUT2D eigenvalue weighted by Gasteiger charge is -2.02. The smallest absolute Gasteiger partial charge is 0.277 e. The molecule has 0 aliphatic heterocycles. The number of benzene rings is 1. The summed E-state index contributed by atoms with van der Waals surface area (Å²) in [4.78, 5) is 28.5. The van der Waals surface area contributed by atoms with E-state index in [1.807, 2.05) is 0 Å². The second-order valence-electron chi connectivity index (χ2n) is 5.07. The molecule has 0 saturated carbocycles. The number of anilines is 1. The first-order valence-electron chi connectivity index (χ1n) is 7.06. The Morgan fingerprint density at radius 3 is 2.71 bits per heavy atom. The van der Waals surface area contributed by atoms with Crippen molar-refractivity contribution in [1.29, 1.82) is 0 Å². The summed E-state index contributed by atoms with van der Waals surface area (Å²) in [5, 5.41) is 6.97. The molecule has 0 spiro atoms. The fraction of sp³-hybridized carbons (Fsp3) is 0.125. The number of halogens is 1. The average Bonchev–Trinajstić information content (AvgIpc) is 2.99. The minimum atomic E-state index is -0.437. The van der Waals surface area contributed by atoms with Crippen molar-refractivity contribution in [3.8, 4) is 0 Å². The number of thiazole rings is 1. The monoisotopic (exact) mass is 344 g/mol. The lowest BCUT2D eigenvalue weighted by Crippen LogP contribution is -2.23. The van der Waals surface area contributed by atoms with E-state index >= 15 is 0 Å². The van der Waals surface area contributed by atoms with Gasteiger partial charge in [-0.2, -0.15) is 5.10 Å². The molecule has 8 heteroatoms. The van der Waals surface area contributed by atoms with Gasteiger partial charge in [0.25, 0.3) is 11.5 Å². The molecule has 24 heavy (non-hydrogen) atoms. The summed E-state index contributed by atoms with van der Waals surface area (Å²) in [5.41, 5.74) is 0.799. The van der Waals surface area contributed by atoms with Gasteiger partial charge < -0.3 is 0 Å². The van der Waals surface area contributed by atoms with Gasteiger partial charge in [0.15, 0.2) is 5.13 Å². The van der Waals surface area contributed by atoms with Gasteiger partial charge in [0, 0.05) is 30.6 Å². The molecule has 1 amide bonds. The summed E-state index contributed by atoms with van der Waals surface area (Å²) >= 11 is 1.33. The fourth-order valence-corrected chi connectivity index (χ4v) is 2.88. The Labute approximate surface area is 140 Å². The quantitative estimate of drug-likeness (QED) is 0.787. The van der Waals surface area contributed by atoms with Gasteiger partial charge in [-0.15, -0.1) is 11.3 Å². The van der Waals surface area contributed by atoms with Crippen LogP contribution >= 0.6 is 11.3 Å². The van der Waals surface area contributed by atoms with Gasteiger partial charge in [-0.1, -0.05) is 12.1 Å². The Morgan fingerprint density at radius 1 is 1.25 bits per heavy atom. The van der Waals surface area contributed by atoms with E-state index in [0.29, 0.717) is 11.6 Å². The third kappa shape index (κ3) is 3.72. The molecule has 0 atom stereocenters. The average molecular weight is 344 g/mol. The summed E-state index contributed by atoms with van der Waals surface area (Å²) in [7, 11) is 1.48. The first-order chi connectivity index (χ1) is 11.5. The number of hydrogen-bond acceptors (Lipinski definition) is 5. The molecule has 1 N–H and O–H groups in total. The van der Waals surface area contributed by atoms with Crippen molar-refractivity contribution in [2.24, 2.45) is 7.05 Å². The zero-order chi connectivity index (χ0) is 17.1. The van der Waals surface area contributed by atoms with Crippen LogP contribution in [0.3, 0.4) is 0 Å². The van der Waals surface area contributed by atoms with Crippen LogP contribution in [-0.4, -0.2) is 20.7 Å². The third-order valence-electron chi connectivity index (χ3n) is 3.26. The van der Waals surface area contributed by atoms with E-state index in [9.17, 15) is 14.0 Å². The van der Waals surface area contributed by atoms with E-state index in [-0.39, 0.29) is 17.1 Å². The number of carbonyl (C=O) groups is 1. The van der Waals surface area contributed by atoms with Crippen LogP contribution in [0.25, 0.3) is 0 Å². The molecule has 122 valence electrons. The van der Waals surface area contributed by atoms with Gasteiger partial charge in [0.1, 0.15) is 11.5 Å². The van der Waals surface area contributed by atoms with Crippen molar-refractivity contribution in [3.05, 3.63) is 74.9 Å². The second kappa shape index (κ2) is 6.71. The molecule has 6 nitrogen and oxygen atoms in total. The number of nitrogens with zero attached hydrogens (tertiary/aromatic N) is 3. The van der Waals surface area contributed by atoms with Crippen LogP contribution in [0.1, 0.15) is 20.9 Å². The van der Waals surface area contributed by atoms with E-state index < -0.39 is 5.91 Å². The van der Waals surface area contributed by atoms with Crippen molar-refractivity contribution >= 4 is 22.4 Å². The van der Waals surface area contributed by atoms with E-state index in [0.717, 1.165) is 15.1 Å². The zero-order valence-corrected chi connectivity index (χ0v) is 13.5. The van der Waals surface area contributed by atoms with Crippen molar-refractivity contribution < 1.29 is 9.18 Å². The zero-order valence-electron chi connectivity index (χ0n) is 12.7. The molecule has 0 radical (unpaired) electrons. The highest BCUT2D eigenvalue weighted by atomic mass is 32.1. The number of aryl methyl sites for hydroxylation is 1. The summed E-state index contributed by atoms with van der Waals surface area (Å²) in [5.74, 6) is -0.714. The maximum Gasteiger partial charge on any atom is 0.277 e. The summed E-state index contributed by atoms with van der Waals surface area (Å²) in [6.07, 6.45) is 2.27. The lowest BCUT2D eigenvalue weighted by atomic mass is 10.1. The van der Waals surface area contributed by atoms with Gasteiger partial charge in [-0.25, -0.2) is 14.1 Å². The SMILES string of the molecule is Cn1nc(C(=O)Nc2ncc(Cc3ccc(F)cc3)s2)ccc1=O. The van der Waals surface area contributed by atoms with Crippen LogP contribution in [-0.2, 0) is 13.5 Å².